The van der Waals surface area contributed by atoms with Gasteiger partial charge in [-0.2, -0.15) is 0 Å². The highest BCUT2D eigenvalue weighted by Crippen LogP contribution is 2.34. The molecule has 0 aromatic rings. The lowest BCUT2D eigenvalue weighted by atomic mass is 10.1. The molecule has 0 bridgehead atoms. The number of morpholine rings is 1. The second-order valence-corrected chi connectivity index (χ2v) is 6.06. The van der Waals surface area contributed by atoms with Crippen molar-refractivity contribution in [1.29, 1.82) is 0 Å². The summed E-state index contributed by atoms with van der Waals surface area (Å²) in [4.78, 5) is 23.6. The highest BCUT2D eigenvalue weighted by Gasteiger charge is 2.42. The van der Waals surface area contributed by atoms with Crippen LogP contribution in [-0.4, -0.2) is 45.9 Å². The molecule has 2 atom stereocenters. The SMILES string of the molecule is CCC(C(=O)[O-])N1CC(=O)OC(C(Cl)(Cl)Cl)C1. The molecule has 0 amide bonds. The van der Waals surface area contributed by atoms with E-state index in [1.54, 1.807) is 6.92 Å². The monoisotopic (exact) mass is 302 g/mol. The number of cyclic esters (lactones) is 1. The lowest BCUT2D eigenvalue weighted by Gasteiger charge is -2.39. The van der Waals surface area contributed by atoms with Crippen molar-refractivity contribution in [3.63, 3.8) is 0 Å². The summed E-state index contributed by atoms with van der Waals surface area (Å²) in [6.45, 7) is 1.57. The maximum absolute atomic E-state index is 11.3. The van der Waals surface area contributed by atoms with Crippen LogP contribution in [0.4, 0.5) is 0 Å². The minimum atomic E-state index is -1.78. The van der Waals surface area contributed by atoms with Crippen LogP contribution in [0.3, 0.4) is 0 Å². The van der Waals surface area contributed by atoms with Gasteiger partial charge >= 0.3 is 5.97 Å². The van der Waals surface area contributed by atoms with E-state index >= 15 is 0 Å². The minimum absolute atomic E-state index is 0.0503. The molecule has 1 aliphatic heterocycles. The van der Waals surface area contributed by atoms with Gasteiger partial charge < -0.3 is 14.6 Å². The molecular formula is C9H11Cl3NO4-. The third-order valence-corrected chi connectivity index (χ3v) is 3.20. The molecule has 0 radical (unpaired) electrons. The van der Waals surface area contributed by atoms with Crippen LogP contribution in [0.5, 0.6) is 0 Å². The molecule has 0 saturated carbocycles. The van der Waals surface area contributed by atoms with Crippen LogP contribution < -0.4 is 5.11 Å². The summed E-state index contributed by atoms with van der Waals surface area (Å²) >= 11 is 16.9. The fourth-order valence-corrected chi connectivity index (χ4v) is 2.00. The van der Waals surface area contributed by atoms with Crippen molar-refractivity contribution in [1.82, 2.24) is 4.90 Å². The van der Waals surface area contributed by atoms with E-state index in [9.17, 15) is 14.7 Å². The molecule has 8 heteroatoms. The second kappa shape index (κ2) is 5.61. The molecule has 0 N–H and O–H groups in total. The van der Waals surface area contributed by atoms with E-state index in [2.05, 4.69) is 0 Å². The van der Waals surface area contributed by atoms with E-state index in [1.165, 1.54) is 4.90 Å². The summed E-state index contributed by atoms with van der Waals surface area (Å²) in [5, 5.41) is 10.9. The summed E-state index contributed by atoms with van der Waals surface area (Å²) < 4.78 is 3.09. The number of rotatable bonds is 3. The van der Waals surface area contributed by atoms with Crippen molar-refractivity contribution < 1.29 is 19.4 Å². The van der Waals surface area contributed by atoms with Gasteiger partial charge in [0.1, 0.15) is 0 Å². The van der Waals surface area contributed by atoms with Crippen LogP contribution in [0.1, 0.15) is 13.3 Å². The van der Waals surface area contributed by atoms with E-state index in [1.807, 2.05) is 0 Å². The molecule has 98 valence electrons. The van der Waals surface area contributed by atoms with Gasteiger partial charge in [-0.3, -0.25) is 9.69 Å². The molecule has 0 aromatic heterocycles. The first-order valence-corrected chi connectivity index (χ1v) is 6.10. The van der Waals surface area contributed by atoms with Crippen LogP contribution >= 0.6 is 34.8 Å². The number of nitrogens with zero attached hydrogens (tertiary/aromatic N) is 1. The highest BCUT2D eigenvalue weighted by atomic mass is 35.6. The van der Waals surface area contributed by atoms with Gasteiger partial charge in [0.2, 0.25) is 3.79 Å². The molecule has 0 aromatic carbocycles. The Balaban J connectivity index is 2.81. The van der Waals surface area contributed by atoms with Gasteiger partial charge in [-0.05, 0) is 6.42 Å². The first-order valence-electron chi connectivity index (χ1n) is 4.96. The number of halogens is 3. The Bertz CT molecular complexity index is 318. The third-order valence-electron chi connectivity index (χ3n) is 2.47. The fraction of sp³-hybridized carbons (Fsp3) is 0.778. The molecule has 1 fully saturated rings. The lowest BCUT2D eigenvalue weighted by Crippen LogP contribution is -2.57. The molecule has 5 nitrogen and oxygen atoms in total. The van der Waals surface area contributed by atoms with Gasteiger partial charge in [0.25, 0.3) is 0 Å². The standard InChI is InChI=1S/C9H12Cl3NO4/c1-2-5(8(15)16)13-3-6(9(10,11)12)17-7(14)4-13/h5-6H,2-4H2,1H3,(H,15,16)/p-1. The van der Waals surface area contributed by atoms with Crippen molar-refractivity contribution in [2.75, 3.05) is 13.1 Å². The quantitative estimate of drug-likeness (QED) is 0.547. The minimum Gasteiger partial charge on any atom is -0.548 e. The summed E-state index contributed by atoms with van der Waals surface area (Å²) in [5.74, 6) is -1.88. The fourth-order valence-electron chi connectivity index (χ4n) is 1.66. The number of carbonyl (C=O) groups excluding carboxylic acids is 2. The second-order valence-electron chi connectivity index (χ2n) is 3.69. The zero-order chi connectivity index (χ0) is 13.2. The molecule has 1 aliphatic rings. The van der Waals surface area contributed by atoms with Crippen molar-refractivity contribution in [3.8, 4) is 0 Å². The molecule has 2 unspecified atom stereocenters. The number of esters is 1. The number of carboxylic acids is 1. The number of aliphatic carboxylic acids is 1. The molecule has 0 spiro atoms. The normalized spacial score (nSPS) is 24.2. The number of ether oxygens (including phenoxy) is 1. The van der Waals surface area contributed by atoms with Crippen LogP contribution in [0, 0.1) is 0 Å². The van der Waals surface area contributed by atoms with E-state index < -0.39 is 27.9 Å². The summed E-state index contributed by atoms with van der Waals surface area (Å²) in [5.41, 5.74) is 0. The van der Waals surface area contributed by atoms with E-state index in [-0.39, 0.29) is 13.1 Å². The number of hydrogen-bond acceptors (Lipinski definition) is 5. The highest BCUT2D eigenvalue weighted by molar-refractivity contribution is 6.68. The first-order chi connectivity index (χ1) is 7.75. The van der Waals surface area contributed by atoms with Crippen molar-refractivity contribution in [2.24, 2.45) is 0 Å². The van der Waals surface area contributed by atoms with Gasteiger partial charge in [-0.1, -0.05) is 41.7 Å². The summed E-state index contributed by atoms with van der Waals surface area (Å²) in [6.07, 6.45) is -0.690. The number of hydrogen-bond donors (Lipinski definition) is 0. The predicted octanol–water partition coefficient (Wildman–Crippen LogP) is 0.113. The van der Waals surface area contributed by atoms with Crippen molar-refractivity contribution >= 4 is 46.7 Å². The Morgan fingerprint density at radius 2 is 2.24 bits per heavy atom. The molecule has 0 aliphatic carbocycles. The Hall–Kier alpha value is -0.230. The Morgan fingerprint density at radius 1 is 1.65 bits per heavy atom. The molecular weight excluding hydrogens is 292 g/mol. The summed E-state index contributed by atoms with van der Waals surface area (Å²) in [6, 6.07) is -0.891. The third kappa shape index (κ3) is 3.88. The maximum atomic E-state index is 11.3. The average Bonchev–Trinajstić information content (AvgIpc) is 2.15. The van der Waals surface area contributed by atoms with Gasteiger partial charge in [-0.25, -0.2) is 0 Å². The zero-order valence-corrected chi connectivity index (χ0v) is 11.3. The largest absolute Gasteiger partial charge is 0.548 e. The van der Waals surface area contributed by atoms with E-state index in [4.69, 9.17) is 39.5 Å². The number of alkyl halides is 3. The van der Waals surface area contributed by atoms with Crippen molar-refractivity contribution in [2.45, 2.75) is 29.3 Å². The van der Waals surface area contributed by atoms with Gasteiger partial charge in [0, 0.05) is 12.6 Å². The van der Waals surface area contributed by atoms with Crippen LogP contribution in [0.15, 0.2) is 0 Å². The smallest absolute Gasteiger partial charge is 0.320 e. The van der Waals surface area contributed by atoms with Crippen molar-refractivity contribution in [3.05, 3.63) is 0 Å². The molecule has 1 rings (SSSR count). The zero-order valence-electron chi connectivity index (χ0n) is 8.99. The van der Waals surface area contributed by atoms with Gasteiger partial charge in [0.15, 0.2) is 6.10 Å². The van der Waals surface area contributed by atoms with E-state index in [0.717, 1.165) is 0 Å². The number of carboxylic acid groups (broad SMARTS) is 1. The average molecular weight is 304 g/mol. The van der Waals surface area contributed by atoms with Crippen LogP contribution in [-0.2, 0) is 14.3 Å². The molecule has 1 saturated heterocycles. The topological polar surface area (TPSA) is 69.7 Å². The predicted molar refractivity (Wildman–Crippen MR) is 60.8 cm³/mol. The summed E-state index contributed by atoms with van der Waals surface area (Å²) in [7, 11) is 0. The van der Waals surface area contributed by atoms with Gasteiger partial charge in [0.05, 0.1) is 12.5 Å². The Morgan fingerprint density at radius 3 is 2.65 bits per heavy atom. The molecule has 17 heavy (non-hydrogen) atoms. The Kier molecular flexibility index (Phi) is 4.89. The first kappa shape index (κ1) is 14.8. The van der Waals surface area contributed by atoms with Crippen LogP contribution in [0.2, 0.25) is 0 Å². The van der Waals surface area contributed by atoms with Crippen LogP contribution in [0.25, 0.3) is 0 Å². The maximum Gasteiger partial charge on any atom is 0.320 e. The van der Waals surface area contributed by atoms with E-state index in [0.29, 0.717) is 6.42 Å². The van der Waals surface area contributed by atoms with Gasteiger partial charge in [-0.15, -0.1) is 0 Å². The molecule has 1 heterocycles. The lowest BCUT2D eigenvalue weighted by molar-refractivity contribution is -0.312. The number of carbonyl (C=O) groups is 2. The Labute approximate surface area is 114 Å².